The fraction of sp³-hybridized carbons (Fsp3) is 0.150. The molecule has 3 heterocycles. The van der Waals surface area contributed by atoms with Crippen molar-refractivity contribution in [3.05, 3.63) is 71.8 Å². The van der Waals surface area contributed by atoms with Crippen LogP contribution in [0.3, 0.4) is 0 Å². The molecule has 1 aromatic carbocycles. The van der Waals surface area contributed by atoms with E-state index in [2.05, 4.69) is 54.0 Å². The van der Waals surface area contributed by atoms with Crippen molar-refractivity contribution in [1.82, 2.24) is 19.6 Å². The van der Waals surface area contributed by atoms with E-state index in [0.29, 0.717) is 0 Å². The van der Waals surface area contributed by atoms with Crippen LogP contribution >= 0.6 is 0 Å². The molecule has 4 nitrogen and oxygen atoms in total. The lowest BCUT2D eigenvalue weighted by Crippen LogP contribution is -1.97. The molecule has 0 fully saturated rings. The largest absolute Gasteiger partial charge is 0.264 e. The minimum absolute atomic E-state index is 0.850. The Bertz CT molecular complexity index is 1030. The number of pyridine rings is 1. The Balaban J connectivity index is 1.96. The molecule has 0 radical (unpaired) electrons. The van der Waals surface area contributed by atoms with E-state index in [9.17, 15) is 0 Å². The summed E-state index contributed by atoms with van der Waals surface area (Å²) in [5.74, 6) is 0. The molecule has 0 spiro atoms. The van der Waals surface area contributed by atoms with Crippen molar-refractivity contribution < 1.29 is 0 Å². The molecule has 0 unspecified atom stereocenters. The zero-order valence-electron chi connectivity index (χ0n) is 14.0. The number of hydrogen-bond donors (Lipinski definition) is 0. The van der Waals surface area contributed by atoms with Gasteiger partial charge in [0.05, 0.1) is 11.9 Å². The fourth-order valence-electron chi connectivity index (χ4n) is 3.17. The van der Waals surface area contributed by atoms with Crippen LogP contribution in [-0.2, 0) is 0 Å². The van der Waals surface area contributed by atoms with Gasteiger partial charge in [0.15, 0.2) is 5.65 Å². The highest BCUT2D eigenvalue weighted by atomic mass is 15.3. The Kier molecular flexibility index (Phi) is 3.38. The normalized spacial score (nSPS) is 11.1. The van der Waals surface area contributed by atoms with Gasteiger partial charge in [-0.05, 0) is 50.6 Å². The standard InChI is InChI=1S/C20H18N4/c1-13-8-14(2)10-16(9-13)19-12-22-20-17(5-7-23-24(19)20)18-11-21-6-4-15(18)3/h4-12H,1-3H3. The maximum atomic E-state index is 4.64. The summed E-state index contributed by atoms with van der Waals surface area (Å²) in [6.07, 6.45) is 7.41. The fourth-order valence-corrected chi connectivity index (χ4v) is 3.17. The van der Waals surface area contributed by atoms with Crippen molar-refractivity contribution in [1.29, 1.82) is 0 Å². The van der Waals surface area contributed by atoms with Crippen LogP contribution in [0, 0.1) is 20.8 Å². The van der Waals surface area contributed by atoms with Crippen molar-refractivity contribution in [2.24, 2.45) is 0 Å². The van der Waals surface area contributed by atoms with Gasteiger partial charge < -0.3 is 0 Å². The van der Waals surface area contributed by atoms with E-state index in [1.54, 1.807) is 0 Å². The van der Waals surface area contributed by atoms with Gasteiger partial charge in [-0.1, -0.05) is 17.2 Å². The van der Waals surface area contributed by atoms with E-state index in [-0.39, 0.29) is 0 Å². The van der Waals surface area contributed by atoms with Gasteiger partial charge in [0.1, 0.15) is 0 Å². The van der Waals surface area contributed by atoms with E-state index in [4.69, 9.17) is 0 Å². The molecule has 3 aromatic heterocycles. The molecule has 0 atom stereocenters. The highest BCUT2D eigenvalue weighted by Gasteiger charge is 2.13. The van der Waals surface area contributed by atoms with E-state index >= 15 is 0 Å². The Morgan fingerprint density at radius 2 is 1.62 bits per heavy atom. The van der Waals surface area contributed by atoms with Crippen molar-refractivity contribution >= 4 is 5.65 Å². The highest BCUT2D eigenvalue weighted by molar-refractivity contribution is 5.80. The number of aryl methyl sites for hydroxylation is 3. The monoisotopic (exact) mass is 314 g/mol. The third-order valence-electron chi connectivity index (χ3n) is 4.25. The first kappa shape index (κ1) is 14.6. The van der Waals surface area contributed by atoms with Crippen LogP contribution in [0.25, 0.3) is 28.0 Å². The summed E-state index contributed by atoms with van der Waals surface area (Å²) in [4.78, 5) is 8.90. The van der Waals surface area contributed by atoms with Crippen molar-refractivity contribution in [2.75, 3.05) is 0 Å². The molecule has 4 aromatic rings. The minimum Gasteiger partial charge on any atom is -0.264 e. The summed E-state index contributed by atoms with van der Waals surface area (Å²) in [5.41, 5.74) is 8.76. The molecule has 0 saturated heterocycles. The third kappa shape index (κ3) is 2.36. The summed E-state index contributed by atoms with van der Waals surface area (Å²) >= 11 is 0. The molecular formula is C20H18N4. The maximum absolute atomic E-state index is 4.64. The van der Waals surface area contributed by atoms with Crippen molar-refractivity contribution in [3.8, 4) is 22.4 Å². The SMILES string of the molecule is Cc1cc(C)cc(-c2cnc3c(-c4cnccc4C)ccnn23)c1. The molecule has 24 heavy (non-hydrogen) atoms. The summed E-state index contributed by atoms with van der Waals surface area (Å²) in [6.45, 7) is 6.30. The van der Waals surface area contributed by atoms with Crippen LogP contribution in [-0.4, -0.2) is 19.6 Å². The van der Waals surface area contributed by atoms with Crippen LogP contribution in [0.5, 0.6) is 0 Å². The van der Waals surface area contributed by atoms with Gasteiger partial charge in [-0.15, -0.1) is 0 Å². The molecule has 0 bridgehead atoms. The topological polar surface area (TPSA) is 43.1 Å². The summed E-state index contributed by atoms with van der Waals surface area (Å²) in [7, 11) is 0. The molecule has 0 N–H and O–H groups in total. The number of benzene rings is 1. The summed E-state index contributed by atoms with van der Waals surface area (Å²) in [5, 5.41) is 4.53. The van der Waals surface area contributed by atoms with Crippen molar-refractivity contribution in [3.63, 3.8) is 0 Å². The van der Waals surface area contributed by atoms with E-state index < -0.39 is 0 Å². The smallest absolute Gasteiger partial charge is 0.162 e. The number of nitrogens with zero attached hydrogens (tertiary/aromatic N) is 4. The minimum atomic E-state index is 0.850. The number of aromatic nitrogens is 4. The maximum Gasteiger partial charge on any atom is 0.162 e. The second-order valence-corrected chi connectivity index (χ2v) is 6.19. The second-order valence-electron chi connectivity index (χ2n) is 6.19. The molecule has 0 aliphatic heterocycles. The van der Waals surface area contributed by atoms with Crippen molar-refractivity contribution in [2.45, 2.75) is 20.8 Å². The Morgan fingerprint density at radius 3 is 2.38 bits per heavy atom. The molecular weight excluding hydrogens is 296 g/mol. The van der Waals surface area contributed by atoms with Gasteiger partial charge in [0, 0.05) is 35.3 Å². The Labute approximate surface area is 140 Å². The van der Waals surface area contributed by atoms with Gasteiger partial charge in [-0.2, -0.15) is 5.10 Å². The van der Waals surface area contributed by atoms with Crippen LogP contribution < -0.4 is 0 Å². The van der Waals surface area contributed by atoms with E-state index in [1.807, 2.05) is 41.4 Å². The lowest BCUT2D eigenvalue weighted by atomic mass is 10.0. The molecule has 0 saturated carbocycles. The van der Waals surface area contributed by atoms with Gasteiger partial charge >= 0.3 is 0 Å². The van der Waals surface area contributed by atoms with E-state index in [1.165, 1.54) is 16.7 Å². The third-order valence-corrected chi connectivity index (χ3v) is 4.25. The second kappa shape index (κ2) is 5.57. The highest BCUT2D eigenvalue weighted by Crippen LogP contribution is 2.29. The van der Waals surface area contributed by atoms with Crippen LogP contribution in [0.1, 0.15) is 16.7 Å². The average molecular weight is 314 g/mol. The average Bonchev–Trinajstić information content (AvgIpc) is 2.98. The molecule has 118 valence electrons. The van der Waals surface area contributed by atoms with Crippen LogP contribution in [0.2, 0.25) is 0 Å². The molecule has 4 heteroatoms. The quantitative estimate of drug-likeness (QED) is 0.551. The summed E-state index contributed by atoms with van der Waals surface area (Å²) in [6, 6.07) is 10.5. The number of rotatable bonds is 2. The zero-order valence-corrected chi connectivity index (χ0v) is 14.0. The Hall–Kier alpha value is -3.01. The van der Waals surface area contributed by atoms with Gasteiger partial charge in [0.2, 0.25) is 0 Å². The predicted molar refractivity (Wildman–Crippen MR) is 95.9 cm³/mol. The summed E-state index contributed by atoms with van der Waals surface area (Å²) < 4.78 is 1.91. The Morgan fingerprint density at radius 1 is 0.833 bits per heavy atom. The van der Waals surface area contributed by atoms with Crippen LogP contribution in [0.15, 0.2) is 55.1 Å². The van der Waals surface area contributed by atoms with Gasteiger partial charge in [0.25, 0.3) is 0 Å². The number of fused-ring (bicyclic) bond motifs is 1. The number of hydrogen-bond acceptors (Lipinski definition) is 3. The van der Waals surface area contributed by atoms with Gasteiger partial charge in [-0.25, -0.2) is 9.50 Å². The molecule has 0 aliphatic carbocycles. The first-order valence-corrected chi connectivity index (χ1v) is 7.96. The molecule has 4 rings (SSSR count). The first-order chi connectivity index (χ1) is 11.6. The lowest BCUT2D eigenvalue weighted by molar-refractivity contribution is 0.943. The van der Waals surface area contributed by atoms with Gasteiger partial charge in [-0.3, -0.25) is 4.98 Å². The zero-order chi connectivity index (χ0) is 16.7. The lowest BCUT2D eigenvalue weighted by Gasteiger charge is -2.08. The number of imidazole rings is 1. The van der Waals surface area contributed by atoms with E-state index in [0.717, 1.165) is 28.0 Å². The van der Waals surface area contributed by atoms with Crippen LogP contribution in [0.4, 0.5) is 0 Å². The first-order valence-electron chi connectivity index (χ1n) is 7.96. The molecule has 0 aliphatic rings. The molecule has 0 amide bonds. The predicted octanol–water partition coefficient (Wildman–Crippen LogP) is 4.38.